The van der Waals surface area contributed by atoms with Crippen LogP contribution in [-0.4, -0.2) is 18.9 Å². The van der Waals surface area contributed by atoms with Crippen LogP contribution in [0, 0.1) is 0 Å². The smallest absolute Gasteiger partial charge is 0.325 e. The lowest BCUT2D eigenvalue weighted by molar-refractivity contribution is -0.134. The maximum absolute atomic E-state index is 10.7. The molecule has 1 N–H and O–H groups in total. The minimum atomic E-state index is -4.62. The molecular weight excluding hydrogens is 196 g/mol. The molecule has 0 aliphatic carbocycles. The number of hydrogen-bond donors (Lipinski definition) is 1. The maximum Gasteiger partial charge on any atom is 0.448 e. The minimum absolute atomic E-state index is 0.0276. The summed E-state index contributed by atoms with van der Waals surface area (Å²) in [6.45, 7) is 2.02. The van der Waals surface area contributed by atoms with Gasteiger partial charge in [-0.15, -0.1) is 0 Å². The number of rotatable bonds is 6. The fraction of sp³-hybridized carbons (Fsp3) is 0.857. The fourth-order valence-electron chi connectivity index (χ4n) is 0.855. The molecule has 13 heavy (non-hydrogen) atoms. The highest BCUT2D eigenvalue weighted by atomic mass is 32.3. The summed E-state index contributed by atoms with van der Waals surface area (Å²) in [6, 6.07) is 0. The van der Waals surface area contributed by atoms with Crippen molar-refractivity contribution >= 4 is 16.4 Å². The van der Waals surface area contributed by atoms with Crippen LogP contribution < -0.4 is 0 Å². The molecule has 6 heteroatoms. The van der Waals surface area contributed by atoms with Gasteiger partial charge in [0, 0.05) is 6.42 Å². The number of hydrogen-bond acceptors (Lipinski definition) is 4. The molecule has 0 radical (unpaired) electrons. The van der Waals surface area contributed by atoms with Gasteiger partial charge in [0.15, 0.2) is 0 Å². The lowest BCUT2D eigenvalue weighted by atomic mass is 10.2. The zero-order valence-corrected chi connectivity index (χ0v) is 8.34. The van der Waals surface area contributed by atoms with Crippen LogP contribution in [-0.2, 0) is 19.4 Å². The summed E-state index contributed by atoms with van der Waals surface area (Å²) in [5.74, 6) is -0.904. The molecule has 5 nitrogen and oxygen atoms in total. The van der Waals surface area contributed by atoms with Crippen LogP contribution in [0.15, 0.2) is 0 Å². The summed E-state index contributed by atoms with van der Waals surface area (Å²) in [5, 5.41) is 0. The van der Waals surface area contributed by atoms with Gasteiger partial charge in [-0.3, -0.25) is 9.35 Å². The first kappa shape index (κ1) is 12.4. The van der Waals surface area contributed by atoms with Crippen LogP contribution in [0.5, 0.6) is 0 Å². The third-order valence-electron chi connectivity index (χ3n) is 1.43. The van der Waals surface area contributed by atoms with E-state index in [2.05, 4.69) is 4.18 Å². The first-order valence-electron chi connectivity index (χ1n) is 4.15. The second kappa shape index (κ2) is 5.93. The number of unbranched alkanes of at least 4 members (excludes halogenated alkanes) is 3. The zero-order valence-electron chi connectivity index (χ0n) is 7.52. The Morgan fingerprint density at radius 2 is 1.92 bits per heavy atom. The van der Waals surface area contributed by atoms with Gasteiger partial charge in [-0.05, 0) is 6.42 Å². The molecule has 0 fully saturated rings. The molecule has 0 unspecified atom stereocenters. The molecule has 0 heterocycles. The highest BCUT2D eigenvalue weighted by molar-refractivity contribution is 7.81. The average Bonchev–Trinajstić information content (AvgIpc) is 1.94. The standard InChI is InChI=1S/C7H14O5S/c1-2-3-4-5-6-7(8)12-13(9,10)11/h2-6H2,1H3,(H,9,10,11). The van der Waals surface area contributed by atoms with Crippen molar-refractivity contribution in [2.75, 3.05) is 0 Å². The van der Waals surface area contributed by atoms with Crippen molar-refractivity contribution in [3.05, 3.63) is 0 Å². The van der Waals surface area contributed by atoms with Crippen molar-refractivity contribution in [2.45, 2.75) is 39.0 Å². The molecule has 0 bridgehead atoms. The molecule has 78 valence electrons. The summed E-state index contributed by atoms with van der Waals surface area (Å²) < 4.78 is 31.9. The van der Waals surface area contributed by atoms with Gasteiger partial charge in [-0.2, -0.15) is 8.42 Å². The van der Waals surface area contributed by atoms with Crippen molar-refractivity contribution in [3.8, 4) is 0 Å². The summed E-state index contributed by atoms with van der Waals surface area (Å²) in [4.78, 5) is 10.7. The summed E-state index contributed by atoms with van der Waals surface area (Å²) in [5.41, 5.74) is 0. The van der Waals surface area contributed by atoms with Gasteiger partial charge in [-0.25, -0.2) is 0 Å². The van der Waals surface area contributed by atoms with Crippen molar-refractivity contribution in [3.63, 3.8) is 0 Å². The summed E-state index contributed by atoms with van der Waals surface area (Å²) in [7, 11) is -4.62. The zero-order chi connectivity index (χ0) is 10.3. The fourth-order valence-corrected chi connectivity index (χ4v) is 1.17. The van der Waals surface area contributed by atoms with Crippen molar-refractivity contribution in [1.29, 1.82) is 0 Å². The second-order valence-corrected chi connectivity index (χ2v) is 3.72. The Morgan fingerprint density at radius 3 is 2.38 bits per heavy atom. The van der Waals surface area contributed by atoms with E-state index >= 15 is 0 Å². The molecule has 0 atom stereocenters. The van der Waals surface area contributed by atoms with Crippen LogP contribution >= 0.6 is 0 Å². The van der Waals surface area contributed by atoms with Gasteiger partial charge in [0.2, 0.25) is 0 Å². The van der Waals surface area contributed by atoms with E-state index in [-0.39, 0.29) is 6.42 Å². The van der Waals surface area contributed by atoms with Crippen molar-refractivity contribution < 1.29 is 21.9 Å². The molecule has 0 aromatic rings. The summed E-state index contributed by atoms with van der Waals surface area (Å²) >= 11 is 0. The van der Waals surface area contributed by atoms with Gasteiger partial charge in [0.25, 0.3) is 0 Å². The van der Waals surface area contributed by atoms with E-state index in [9.17, 15) is 13.2 Å². The number of carbonyl (C=O) groups is 1. The molecule has 0 aliphatic heterocycles. The summed E-state index contributed by atoms with van der Waals surface area (Å²) in [6.07, 6.45) is 3.51. The molecule has 0 aromatic heterocycles. The van der Waals surface area contributed by atoms with E-state index < -0.39 is 16.4 Å². The van der Waals surface area contributed by atoms with Crippen LogP contribution in [0.25, 0.3) is 0 Å². The predicted molar refractivity (Wildman–Crippen MR) is 46.4 cm³/mol. The van der Waals surface area contributed by atoms with E-state index in [1.807, 2.05) is 6.92 Å². The number of carbonyl (C=O) groups excluding carboxylic acids is 1. The Bertz CT molecular complexity index is 244. The Balaban J connectivity index is 3.53. The second-order valence-electron chi connectivity index (χ2n) is 2.69. The largest absolute Gasteiger partial charge is 0.448 e. The van der Waals surface area contributed by atoms with Gasteiger partial charge in [0.1, 0.15) is 0 Å². The maximum atomic E-state index is 10.7. The normalized spacial score (nSPS) is 11.2. The molecular formula is C7H14O5S. The first-order valence-corrected chi connectivity index (χ1v) is 5.52. The van der Waals surface area contributed by atoms with E-state index in [1.54, 1.807) is 0 Å². The minimum Gasteiger partial charge on any atom is -0.325 e. The predicted octanol–water partition coefficient (Wildman–Crippen LogP) is 1.30. The quantitative estimate of drug-likeness (QED) is 0.528. The first-order chi connectivity index (χ1) is 5.95. The van der Waals surface area contributed by atoms with Crippen LogP contribution in [0.3, 0.4) is 0 Å². The lowest BCUT2D eigenvalue weighted by Crippen LogP contribution is -2.11. The van der Waals surface area contributed by atoms with E-state index in [0.29, 0.717) is 6.42 Å². The highest BCUT2D eigenvalue weighted by Gasteiger charge is 2.11. The lowest BCUT2D eigenvalue weighted by Gasteiger charge is -1.99. The SMILES string of the molecule is CCCCCCC(=O)OS(=O)(=O)O. The Labute approximate surface area is 78.0 Å². The van der Waals surface area contributed by atoms with E-state index in [4.69, 9.17) is 4.55 Å². The average molecular weight is 210 g/mol. The van der Waals surface area contributed by atoms with Gasteiger partial charge in [-0.1, -0.05) is 26.2 Å². The van der Waals surface area contributed by atoms with Crippen LogP contribution in [0.2, 0.25) is 0 Å². The van der Waals surface area contributed by atoms with E-state index in [0.717, 1.165) is 19.3 Å². The van der Waals surface area contributed by atoms with Crippen LogP contribution in [0.4, 0.5) is 0 Å². The molecule has 0 amide bonds. The van der Waals surface area contributed by atoms with Crippen molar-refractivity contribution in [2.24, 2.45) is 0 Å². The van der Waals surface area contributed by atoms with Crippen LogP contribution in [0.1, 0.15) is 39.0 Å². The van der Waals surface area contributed by atoms with Gasteiger partial charge >= 0.3 is 16.4 Å². The third-order valence-corrected chi connectivity index (χ3v) is 1.83. The van der Waals surface area contributed by atoms with Gasteiger partial charge < -0.3 is 4.18 Å². The van der Waals surface area contributed by atoms with E-state index in [1.165, 1.54) is 0 Å². The Kier molecular flexibility index (Phi) is 5.65. The molecule has 0 rings (SSSR count). The molecule has 0 aromatic carbocycles. The molecule has 0 saturated carbocycles. The third kappa shape index (κ3) is 9.29. The van der Waals surface area contributed by atoms with Crippen molar-refractivity contribution in [1.82, 2.24) is 0 Å². The molecule has 0 aliphatic rings. The molecule has 0 spiro atoms. The Morgan fingerprint density at radius 1 is 1.31 bits per heavy atom. The highest BCUT2D eigenvalue weighted by Crippen LogP contribution is 2.04. The Hall–Kier alpha value is -0.620. The van der Waals surface area contributed by atoms with Gasteiger partial charge in [0.05, 0.1) is 0 Å². The molecule has 0 saturated heterocycles. The monoisotopic (exact) mass is 210 g/mol. The topological polar surface area (TPSA) is 80.7 Å².